The molecule has 32 heavy (non-hydrogen) atoms. The summed E-state index contributed by atoms with van der Waals surface area (Å²) in [5.74, 6) is 0.119. The van der Waals surface area contributed by atoms with E-state index < -0.39 is 15.9 Å². The van der Waals surface area contributed by atoms with Crippen LogP contribution in [0.2, 0.25) is 5.02 Å². The Kier molecular flexibility index (Phi) is 6.05. The Morgan fingerprint density at radius 1 is 1.06 bits per heavy atom. The molecule has 4 aromatic rings. The van der Waals surface area contributed by atoms with Crippen LogP contribution in [0.1, 0.15) is 15.9 Å². The summed E-state index contributed by atoms with van der Waals surface area (Å²) >= 11 is 7.16. The second kappa shape index (κ2) is 8.78. The van der Waals surface area contributed by atoms with Crippen molar-refractivity contribution in [2.24, 2.45) is 0 Å². The Hall–Kier alpha value is -3.14. The average Bonchev–Trinajstić information content (AvgIpc) is 3.19. The van der Waals surface area contributed by atoms with Crippen molar-refractivity contribution in [3.63, 3.8) is 0 Å². The zero-order chi connectivity index (χ0) is 22.9. The van der Waals surface area contributed by atoms with Crippen LogP contribution >= 0.6 is 22.9 Å². The Labute approximate surface area is 194 Å². The lowest BCUT2D eigenvalue weighted by Crippen LogP contribution is -2.18. The molecule has 1 aromatic heterocycles. The summed E-state index contributed by atoms with van der Waals surface area (Å²) in [5.41, 5.74) is 1.97. The van der Waals surface area contributed by atoms with Gasteiger partial charge < -0.3 is 4.74 Å². The van der Waals surface area contributed by atoms with E-state index in [1.807, 2.05) is 19.1 Å². The molecule has 0 radical (unpaired) electrons. The summed E-state index contributed by atoms with van der Waals surface area (Å²) in [6, 6.07) is 15.9. The molecule has 0 saturated heterocycles. The molecule has 3 aromatic carbocycles. The highest BCUT2D eigenvalue weighted by Crippen LogP contribution is 2.35. The first-order valence-electron chi connectivity index (χ1n) is 9.41. The number of amides is 1. The highest BCUT2D eigenvalue weighted by Gasteiger charge is 2.20. The van der Waals surface area contributed by atoms with Gasteiger partial charge in [-0.05, 0) is 55.0 Å². The minimum atomic E-state index is -3.91. The molecule has 0 aliphatic heterocycles. The average molecular weight is 488 g/mol. The van der Waals surface area contributed by atoms with E-state index in [-0.39, 0.29) is 16.1 Å². The Balaban J connectivity index is 1.63. The van der Waals surface area contributed by atoms with E-state index in [2.05, 4.69) is 15.0 Å². The second-order valence-electron chi connectivity index (χ2n) is 6.84. The molecule has 0 bridgehead atoms. The minimum absolute atomic E-state index is 0.0332. The molecule has 0 atom stereocenters. The molecular formula is C22H18ClN3O4S2. The van der Waals surface area contributed by atoms with Gasteiger partial charge in [0.15, 0.2) is 5.13 Å². The number of rotatable bonds is 6. The molecule has 164 valence electrons. The first kappa shape index (κ1) is 22.1. The van der Waals surface area contributed by atoms with E-state index in [4.69, 9.17) is 16.3 Å². The number of methoxy groups -OCH3 is 1. The highest BCUT2D eigenvalue weighted by atomic mass is 35.5. The number of nitrogens with zero attached hydrogens (tertiary/aromatic N) is 1. The smallest absolute Gasteiger partial charge is 0.261 e. The Bertz CT molecular complexity index is 1420. The molecule has 1 amide bonds. The maximum atomic E-state index is 13.0. The summed E-state index contributed by atoms with van der Waals surface area (Å²) in [6.07, 6.45) is 0. The largest absolute Gasteiger partial charge is 0.494 e. The van der Waals surface area contributed by atoms with Crippen molar-refractivity contribution >= 4 is 59.9 Å². The zero-order valence-electron chi connectivity index (χ0n) is 17.0. The van der Waals surface area contributed by atoms with Gasteiger partial charge in [0.2, 0.25) is 0 Å². The van der Waals surface area contributed by atoms with E-state index in [9.17, 15) is 13.2 Å². The third-order valence-electron chi connectivity index (χ3n) is 4.68. The third kappa shape index (κ3) is 4.40. The highest BCUT2D eigenvalue weighted by molar-refractivity contribution is 7.92. The maximum absolute atomic E-state index is 13.0. The summed E-state index contributed by atoms with van der Waals surface area (Å²) in [5, 5.41) is 3.57. The summed E-state index contributed by atoms with van der Waals surface area (Å²) in [6.45, 7) is 1.95. The van der Waals surface area contributed by atoms with Crippen LogP contribution in [-0.4, -0.2) is 26.4 Å². The van der Waals surface area contributed by atoms with Crippen LogP contribution in [0, 0.1) is 6.92 Å². The van der Waals surface area contributed by atoms with Gasteiger partial charge in [-0.15, -0.1) is 0 Å². The van der Waals surface area contributed by atoms with E-state index in [0.717, 1.165) is 10.3 Å². The lowest BCUT2D eigenvalue weighted by Gasteiger charge is -2.12. The predicted molar refractivity (Wildman–Crippen MR) is 128 cm³/mol. The number of nitrogens with one attached hydrogen (secondary N) is 2. The van der Waals surface area contributed by atoms with Crippen molar-refractivity contribution in [1.82, 2.24) is 4.98 Å². The Morgan fingerprint density at radius 2 is 1.78 bits per heavy atom. The van der Waals surface area contributed by atoms with E-state index in [1.165, 1.54) is 47.7 Å². The van der Waals surface area contributed by atoms with Gasteiger partial charge in [-0.1, -0.05) is 41.1 Å². The number of anilines is 2. The number of para-hydroxylation sites is 1. The van der Waals surface area contributed by atoms with E-state index in [1.54, 1.807) is 19.2 Å². The van der Waals surface area contributed by atoms with Gasteiger partial charge in [0, 0.05) is 5.02 Å². The molecule has 0 aliphatic carbocycles. The molecule has 2 N–H and O–H groups in total. The monoisotopic (exact) mass is 487 g/mol. The minimum Gasteiger partial charge on any atom is -0.494 e. The van der Waals surface area contributed by atoms with Gasteiger partial charge in [-0.2, -0.15) is 0 Å². The zero-order valence-corrected chi connectivity index (χ0v) is 19.4. The van der Waals surface area contributed by atoms with E-state index in [0.29, 0.717) is 21.4 Å². The fourth-order valence-corrected chi connectivity index (χ4v) is 5.23. The number of carbonyl (C=O) groups is 1. The first-order valence-corrected chi connectivity index (χ1v) is 12.1. The molecule has 4 rings (SSSR count). The van der Waals surface area contributed by atoms with Gasteiger partial charge in [0.05, 0.1) is 28.0 Å². The molecular weight excluding hydrogens is 470 g/mol. The fourth-order valence-electron chi connectivity index (χ4n) is 3.08. The molecule has 0 unspecified atom stereocenters. The number of aromatic nitrogens is 1. The molecule has 0 aliphatic rings. The summed E-state index contributed by atoms with van der Waals surface area (Å²) in [4.78, 5) is 17.5. The van der Waals surface area contributed by atoms with Gasteiger partial charge in [0.1, 0.15) is 11.3 Å². The number of aryl methyl sites for hydroxylation is 1. The van der Waals surface area contributed by atoms with Crippen LogP contribution in [0.5, 0.6) is 5.75 Å². The van der Waals surface area contributed by atoms with Crippen LogP contribution in [0.3, 0.4) is 0 Å². The Morgan fingerprint density at radius 3 is 2.50 bits per heavy atom. The van der Waals surface area contributed by atoms with Crippen LogP contribution in [0.4, 0.5) is 10.8 Å². The van der Waals surface area contributed by atoms with Crippen LogP contribution in [0.15, 0.2) is 65.6 Å². The number of sulfonamides is 1. The predicted octanol–water partition coefficient (Wildman–Crippen LogP) is 5.32. The maximum Gasteiger partial charge on any atom is 0.261 e. The number of benzene rings is 3. The van der Waals surface area contributed by atoms with Crippen LogP contribution in [0.25, 0.3) is 10.2 Å². The summed E-state index contributed by atoms with van der Waals surface area (Å²) in [7, 11) is -2.35. The van der Waals surface area contributed by atoms with Gasteiger partial charge in [0.25, 0.3) is 15.9 Å². The van der Waals surface area contributed by atoms with Gasteiger partial charge in [-0.3, -0.25) is 14.8 Å². The molecule has 0 fully saturated rings. The van der Waals surface area contributed by atoms with Gasteiger partial charge >= 0.3 is 0 Å². The third-order valence-corrected chi connectivity index (χ3v) is 7.42. The van der Waals surface area contributed by atoms with Crippen molar-refractivity contribution in [3.05, 3.63) is 76.8 Å². The molecule has 0 saturated carbocycles. The quantitative estimate of drug-likeness (QED) is 0.383. The lowest BCUT2D eigenvalue weighted by molar-refractivity contribution is 0.102. The van der Waals surface area contributed by atoms with Crippen molar-refractivity contribution in [3.8, 4) is 5.75 Å². The molecule has 0 spiro atoms. The SMILES string of the molecule is COc1ccc(C)c2sc(NC(=O)c3ccccc3NS(=O)(=O)c3ccc(Cl)cc3)nc12. The fraction of sp³-hybridized carbons (Fsp3) is 0.0909. The number of carbonyl (C=O) groups excluding carboxylic acids is 1. The van der Waals surface area contributed by atoms with E-state index >= 15 is 0 Å². The van der Waals surface area contributed by atoms with Crippen LogP contribution < -0.4 is 14.8 Å². The standard InChI is InChI=1S/C22H18ClN3O4S2/c1-13-7-12-18(30-2)19-20(13)31-22(24-19)25-21(27)16-5-3-4-6-17(16)26-32(28,29)15-10-8-14(23)9-11-15/h3-12,26H,1-2H3,(H,24,25,27). The van der Waals surface area contributed by atoms with Crippen LogP contribution in [-0.2, 0) is 10.0 Å². The van der Waals surface area contributed by atoms with Crippen molar-refractivity contribution < 1.29 is 17.9 Å². The number of ether oxygens (including phenoxy) is 1. The number of thiazole rings is 1. The molecule has 7 nitrogen and oxygen atoms in total. The second-order valence-corrected chi connectivity index (χ2v) is 9.96. The number of hydrogen-bond acceptors (Lipinski definition) is 6. The topological polar surface area (TPSA) is 97.4 Å². The number of hydrogen-bond donors (Lipinski definition) is 2. The normalized spacial score (nSPS) is 11.3. The van der Waals surface area contributed by atoms with Crippen molar-refractivity contribution in [1.29, 1.82) is 0 Å². The molecule has 1 heterocycles. The number of halogens is 1. The van der Waals surface area contributed by atoms with Crippen molar-refractivity contribution in [2.75, 3.05) is 17.1 Å². The lowest BCUT2D eigenvalue weighted by atomic mass is 10.2. The summed E-state index contributed by atoms with van der Waals surface area (Å²) < 4.78 is 34.3. The molecule has 10 heteroatoms. The first-order chi connectivity index (χ1) is 15.3. The van der Waals surface area contributed by atoms with Gasteiger partial charge in [-0.25, -0.2) is 13.4 Å². The number of fused-ring (bicyclic) bond motifs is 1. The van der Waals surface area contributed by atoms with Crippen molar-refractivity contribution in [2.45, 2.75) is 11.8 Å².